The fraction of sp³-hybridized carbons (Fsp3) is 0.286. The number of amides is 1. The van der Waals surface area contributed by atoms with Gasteiger partial charge in [-0.15, -0.1) is 11.3 Å². The summed E-state index contributed by atoms with van der Waals surface area (Å²) in [6.07, 6.45) is 0. The fourth-order valence-electron chi connectivity index (χ4n) is 1.79. The van der Waals surface area contributed by atoms with Crippen molar-refractivity contribution in [2.45, 2.75) is 13.8 Å². The van der Waals surface area contributed by atoms with E-state index in [9.17, 15) is 4.79 Å². The molecule has 2 aromatic rings. The first-order valence-corrected chi connectivity index (χ1v) is 6.82. The van der Waals surface area contributed by atoms with E-state index in [0.29, 0.717) is 5.69 Å². The lowest BCUT2D eigenvalue weighted by atomic mass is 10.2. The zero-order valence-electron chi connectivity index (χ0n) is 11.5. The largest absolute Gasteiger partial charge is 0.378 e. The molecule has 19 heavy (non-hydrogen) atoms. The zero-order valence-corrected chi connectivity index (χ0v) is 12.3. The summed E-state index contributed by atoms with van der Waals surface area (Å²) < 4.78 is 0. The molecule has 0 aliphatic heterocycles. The van der Waals surface area contributed by atoms with E-state index in [1.165, 1.54) is 11.3 Å². The quantitative estimate of drug-likeness (QED) is 0.936. The summed E-state index contributed by atoms with van der Waals surface area (Å²) in [6, 6.07) is 7.73. The predicted molar refractivity (Wildman–Crippen MR) is 80.3 cm³/mol. The van der Waals surface area contributed by atoms with E-state index in [0.717, 1.165) is 21.3 Å². The monoisotopic (exact) mass is 275 g/mol. The molecule has 0 unspecified atom stereocenters. The van der Waals surface area contributed by atoms with Gasteiger partial charge in [-0.3, -0.25) is 4.79 Å². The van der Waals surface area contributed by atoms with Crippen molar-refractivity contribution in [2.75, 3.05) is 24.3 Å². The van der Waals surface area contributed by atoms with E-state index in [2.05, 4.69) is 10.3 Å². The molecule has 0 radical (unpaired) electrons. The number of aryl methyl sites for hydroxylation is 2. The van der Waals surface area contributed by atoms with Gasteiger partial charge in [0.1, 0.15) is 5.69 Å². The van der Waals surface area contributed by atoms with Crippen LogP contribution in [0.25, 0.3) is 0 Å². The lowest BCUT2D eigenvalue weighted by molar-refractivity contribution is 0.102. The van der Waals surface area contributed by atoms with Crippen LogP contribution in [0.2, 0.25) is 0 Å². The van der Waals surface area contributed by atoms with Gasteiger partial charge in [-0.2, -0.15) is 0 Å². The Kier molecular flexibility index (Phi) is 3.85. The second-order valence-corrected chi connectivity index (χ2v) is 5.94. The molecule has 0 aliphatic carbocycles. The van der Waals surface area contributed by atoms with Crippen LogP contribution in [0.5, 0.6) is 0 Å². The number of hydrogen-bond donors (Lipinski definition) is 1. The van der Waals surface area contributed by atoms with Crippen molar-refractivity contribution in [3.05, 3.63) is 39.8 Å². The van der Waals surface area contributed by atoms with Gasteiger partial charge < -0.3 is 10.2 Å². The number of thiazole rings is 1. The number of carbonyl (C=O) groups is 1. The van der Waals surface area contributed by atoms with Crippen molar-refractivity contribution in [1.29, 1.82) is 0 Å². The minimum absolute atomic E-state index is 0.155. The van der Waals surface area contributed by atoms with E-state index in [4.69, 9.17) is 0 Å². The summed E-state index contributed by atoms with van der Waals surface area (Å²) >= 11 is 1.54. The van der Waals surface area contributed by atoms with Crippen LogP contribution in [0, 0.1) is 13.8 Å². The maximum Gasteiger partial charge on any atom is 0.275 e. The summed E-state index contributed by atoms with van der Waals surface area (Å²) in [5.74, 6) is -0.155. The first-order valence-electron chi connectivity index (χ1n) is 6.00. The third-order valence-electron chi connectivity index (χ3n) is 2.74. The topological polar surface area (TPSA) is 45.2 Å². The smallest absolute Gasteiger partial charge is 0.275 e. The Morgan fingerprint density at radius 1 is 1.32 bits per heavy atom. The Labute approximate surface area is 117 Å². The van der Waals surface area contributed by atoms with E-state index >= 15 is 0 Å². The molecule has 0 aliphatic rings. The predicted octanol–water partition coefficient (Wildman–Crippen LogP) is 3.08. The molecule has 0 fully saturated rings. The maximum absolute atomic E-state index is 12.1. The molecule has 1 N–H and O–H groups in total. The van der Waals surface area contributed by atoms with Gasteiger partial charge in [0.2, 0.25) is 0 Å². The van der Waals surface area contributed by atoms with Crippen LogP contribution in [0.3, 0.4) is 0 Å². The number of nitrogens with zero attached hydrogens (tertiary/aromatic N) is 2. The lowest BCUT2D eigenvalue weighted by Gasteiger charge is -2.13. The van der Waals surface area contributed by atoms with Gasteiger partial charge >= 0.3 is 0 Å². The highest BCUT2D eigenvalue weighted by Crippen LogP contribution is 2.20. The standard InChI is InChI=1S/C14H17N3OS/c1-9-13(15-10(2)19-9)14(18)16-11-6-5-7-12(8-11)17(3)4/h5-8H,1-4H3,(H,16,18). The van der Waals surface area contributed by atoms with E-state index < -0.39 is 0 Å². The van der Waals surface area contributed by atoms with Gasteiger partial charge in [-0.1, -0.05) is 6.07 Å². The SMILES string of the molecule is Cc1nc(C(=O)Nc2cccc(N(C)C)c2)c(C)s1. The molecular formula is C14H17N3OS. The van der Waals surface area contributed by atoms with Crippen molar-refractivity contribution in [2.24, 2.45) is 0 Å². The third-order valence-corrected chi connectivity index (χ3v) is 3.63. The van der Waals surface area contributed by atoms with Crippen LogP contribution in [-0.4, -0.2) is 25.0 Å². The van der Waals surface area contributed by atoms with Crippen LogP contribution in [-0.2, 0) is 0 Å². The second kappa shape index (κ2) is 5.40. The van der Waals surface area contributed by atoms with Crippen molar-refractivity contribution >= 4 is 28.6 Å². The lowest BCUT2D eigenvalue weighted by Crippen LogP contribution is -2.14. The van der Waals surface area contributed by atoms with Crippen molar-refractivity contribution < 1.29 is 4.79 Å². The summed E-state index contributed by atoms with van der Waals surface area (Å²) in [6.45, 7) is 3.82. The minimum Gasteiger partial charge on any atom is -0.378 e. The van der Waals surface area contributed by atoms with Gasteiger partial charge in [0.05, 0.1) is 5.01 Å². The molecule has 0 saturated heterocycles. The molecule has 0 atom stereocenters. The molecule has 1 amide bonds. The fourth-order valence-corrected chi connectivity index (χ4v) is 2.61. The van der Waals surface area contributed by atoms with Crippen molar-refractivity contribution in [3.63, 3.8) is 0 Å². The molecular weight excluding hydrogens is 258 g/mol. The third kappa shape index (κ3) is 3.12. The molecule has 4 nitrogen and oxygen atoms in total. The van der Waals surface area contributed by atoms with Gasteiger partial charge in [0, 0.05) is 30.3 Å². The highest BCUT2D eigenvalue weighted by atomic mass is 32.1. The number of nitrogens with one attached hydrogen (secondary N) is 1. The summed E-state index contributed by atoms with van der Waals surface area (Å²) in [4.78, 5) is 19.3. The number of rotatable bonds is 3. The average Bonchev–Trinajstić information content (AvgIpc) is 2.69. The van der Waals surface area contributed by atoms with E-state index in [1.807, 2.05) is 57.1 Å². The highest BCUT2D eigenvalue weighted by molar-refractivity contribution is 7.11. The Morgan fingerprint density at radius 2 is 2.05 bits per heavy atom. The first kappa shape index (κ1) is 13.5. The Hall–Kier alpha value is -1.88. The van der Waals surface area contributed by atoms with Crippen LogP contribution < -0.4 is 10.2 Å². The second-order valence-electron chi connectivity index (χ2n) is 4.54. The van der Waals surface area contributed by atoms with Crippen LogP contribution in [0.15, 0.2) is 24.3 Å². The molecule has 2 rings (SSSR count). The van der Waals surface area contributed by atoms with Crippen LogP contribution in [0.1, 0.15) is 20.4 Å². The Balaban J connectivity index is 2.19. The minimum atomic E-state index is -0.155. The normalized spacial score (nSPS) is 10.3. The number of carbonyl (C=O) groups excluding carboxylic acids is 1. The van der Waals surface area contributed by atoms with Crippen molar-refractivity contribution in [1.82, 2.24) is 4.98 Å². The Morgan fingerprint density at radius 3 is 2.63 bits per heavy atom. The van der Waals surface area contributed by atoms with Crippen molar-refractivity contribution in [3.8, 4) is 0 Å². The number of hydrogen-bond acceptors (Lipinski definition) is 4. The number of aromatic nitrogens is 1. The van der Waals surface area contributed by atoms with E-state index in [-0.39, 0.29) is 5.91 Å². The van der Waals surface area contributed by atoms with Crippen LogP contribution in [0.4, 0.5) is 11.4 Å². The molecule has 5 heteroatoms. The molecule has 100 valence electrons. The molecule has 1 heterocycles. The van der Waals surface area contributed by atoms with Gasteiger partial charge in [-0.25, -0.2) is 4.98 Å². The molecule has 0 saturated carbocycles. The molecule has 0 bridgehead atoms. The van der Waals surface area contributed by atoms with Crippen LogP contribution >= 0.6 is 11.3 Å². The Bertz CT molecular complexity index is 604. The van der Waals surface area contributed by atoms with Gasteiger partial charge in [0.25, 0.3) is 5.91 Å². The molecule has 0 spiro atoms. The van der Waals surface area contributed by atoms with Gasteiger partial charge in [-0.05, 0) is 32.0 Å². The molecule has 1 aromatic carbocycles. The van der Waals surface area contributed by atoms with Gasteiger partial charge in [0.15, 0.2) is 0 Å². The molecule has 1 aromatic heterocycles. The average molecular weight is 275 g/mol. The number of benzene rings is 1. The highest BCUT2D eigenvalue weighted by Gasteiger charge is 2.14. The summed E-state index contributed by atoms with van der Waals surface area (Å²) in [5, 5.41) is 3.79. The number of anilines is 2. The first-order chi connectivity index (χ1) is 8.97. The maximum atomic E-state index is 12.1. The summed E-state index contributed by atoms with van der Waals surface area (Å²) in [7, 11) is 3.93. The summed E-state index contributed by atoms with van der Waals surface area (Å²) in [5.41, 5.74) is 2.34. The van der Waals surface area contributed by atoms with E-state index in [1.54, 1.807) is 0 Å². The zero-order chi connectivity index (χ0) is 14.0.